The summed E-state index contributed by atoms with van der Waals surface area (Å²) >= 11 is 9.30. The number of halogens is 2. The molecule has 0 aromatic heterocycles. The van der Waals surface area contributed by atoms with E-state index in [1.807, 2.05) is 6.92 Å². The molecule has 0 aliphatic heterocycles. The molecule has 0 aliphatic rings. The number of hydrogen-bond donors (Lipinski definition) is 2. The number of carbonyl (C=O) groups is 2. The molecule has 1 aromatic rings. The van der Waals surface area contributed by atoms with Crippen molar-refractivity contribution in [2.45, 2.75) is 19.9 Å². The van der Waals surface area contributed by atoms with Crippen LogP contribution in [0.4, 0.5) is 10.5 Å². The van der Waals surface area contributed by atoms with Crippen molar-refractivity contribution in [3.8, 4) is 0 Å². The normalized spacial score (nSPS) is 11.8. The SMILES string of the molecule is Cc1cc(Br)c(NC(=O)N(C)C(C)C(=O)O)cc1Cl. The minimum absolute atomic E-state index is 0.491. The van der Waals surface area contributed by atoms with Crippen LogP contribution in [0.15, 0.2) is 16.6 Å². The van der Waals surface area contributed by atoms with E-state index in [4.69, 9.17) is 16.7 Å². The predicted octanol–water partition coefficient (Wildman–Crippen LogP) is 3.35. The number of anilines is 1. The van der Waals surface area contributed by atoms with E-state index in [0.29, 0.717) is 15.2 Å². The molecule has 7 heteroatoms. The molecule has 1 unspecified atom stereocenters. The minimum Gasteiger partial charge on any atom is -0.480 e. The molecule has 0 radical (unpaired) electrons. The standard InChI is InChI=1S/C12H14BrClN2O3/c1-6-4-8(13)10(5-9(6)14)15-12(19)16(3)7(2)11(17)18/h4-5,7H,1-3H3,(H,15,19)(H,17,18). The Hall–Kier alpha value is -1.27. The summed E-state index contributed by atoms with van der Waals surface area (Å²) in [6.07, 6.45) is 0. The van der Waals surface area contributed by atoms with E-state index in [0.717, 1.165) is 10.5 Å². The third-order valence-electron chi connectivity index (χ3n) is 2.75. The third-order valence-corrected chi connectivity index (χ3v) is 3.81. The van der Waals surface area contributed by atoms with Crippen LogP contribution in [0.3, 0.4) is 0 Å². The molecule has 1 aromatic carbocycles. The van der Waals surface area contributed by atoms with Crippen LogP contribution in [0, 0.1) is 6.92 Å². The molecule has 104 valence electrons. The Morgan fingerprint density at radius 3 is 2.58 bits per heavy atom. The van der Waals surface area contributed by atoms with Crippen LogP contribution in [0.1, 0.15) is 12.5 Å². The van der Waals surface area contributed by atoms with Gasteiger partial charge in [-0.25, -0.2) is 9.59 Å². The number of aryl methyl sites for hydroxylation is 1. The number of aliphatic carboxylic acids is 1. The Labute approximate surface area is 124 Å². The second kappa shape index (κ2) is 6.25. The van der Waals surface area contributed by atoms with Crippen LogP contribution in [0.25, 0.3) is 0 Å². The summed E-state index contributed by atoms with van der Waals surface area (Å²) in [5, 5.41) is 12.0. The first kappa shape index (κ1) is 15.8. The van der Waals surface area contributed by atoms with Crippen LogP contribution in [-0.2, 0) is 4.79 Å². The monoisotopic (exact) mass is 348 g/mol. The number of carboxylic acid groups (broad SMARTS) is 1. The third kappa shape index (κ3) is 3.84. The first-order chi connectivity index (χ1) is 8.73. The van der Waals surface area contributed by atoms with Gasteiger partial charge in [-0.05, 0) is 47.5 Å². The predicted molar refractivity (Wildman–Crippen MR) is 77.8 cm³/mol. The molecule has 1 rings (SSSR count). The summed E-state index contributed by atoms with van der Waals surface area (Å²) in [6.45, 7) is 3.27. The Morgan fingerprint density at radius 2 is 2.05 bits per heavy atom. The number of carbonyl (C=O) groups excluding carboxylic acids is 1. The number of nitrogens with zero attached hydrogens (tertiary/aromatic N) is 1. The molecule has 0 spiro atoms. The number of rotatable bonds is 3. The van der Waals surface area contributed by atoms with Gasteiger partial charge in [-0.1, -0.05) is 11.6 Å². The first-order valence-corrected chi connectivity index (χ1v) is 6.63. The zero-order chi connectivity index (χ0) is 14.7. The molecule has 5 nitrogen and oxygen atoms in total. The Balaban J connectivity index is 2.88. The highest BCUT2D eigenvalue weighted by molar-refractivity contribution is 9.10. The van der Waals surface area contributed by atoms with Gasteiger partial charge in [0, 0.05) is 16.5 Å². The quantitative estimate of drug-likeness (QED) is 0.879. The molecule has 2 amide bonds. The van der Waals surface area contributed by atoms with Crippen molar-refractivity contribution >= 4 is 45.2 Å². The fourth-order valence-electron chi connectivity index (χ4n) is 1.29. The summed E-state index contributed by atoms with van der Waals surface area (Å²) in [5.74, 6) is -1.07. The van der Waals surface area contributed by atoms with Gasteiger partial charge in [-0.2, -0.15) is 0 Å². The van der Waals surface area contributed by atoms with Gasteiger partial charge in [0.15, 0.2) is 0 Å². The maximum absolute atomic E-state index is 11.9. The maximum atomic E-state index is 11.9. The zero-order valence-electron chi connectivity index (χ0n) is 10.7. The second-order valence-corrected chi connectivity index (χ2v) is 5.40. The maximum Gasteiger partial charge on any atom is 0.326 e. The molecule has 0 saturated heterocycles. The molecule has 0 heterocycles. The van der Waals surface area contributed by atoms with Crippen molar-refractivity contribution < 1.29 is 14.7 Å². The number of nitrogens with one attached hydrogen (secondary N) is 1. The Bertz CT molecular complexity index is 522. The first-order valence-electron chi connectivity index (χ1n) is 5.46. The van der Waals surface area contributed by atoms with Gasteiger partial charge in [0.1, 0.15) is 6.04 Å². The lowest BCUT2D eigenvalue weighted by molar-refractivity contribution is -0.141. The van der Waals surface area contributed by atoms with Crippen LogP contribution in [0.2, 0.25) is 5.02 Å². The Morgan fingerprint density at radius 1 is 1.47 bits per heavy atom. The number of benzene rings is 1. The van der Waals surface area contributed by atoms with Gasteiger partial charge in [0.25, 0.3) is 0 Å². The highest BCUT2D eigenvalue weighted by atomic mass is 79.9. The highest BCUT2D eigenvalue weighted by Gasteiger charge is 2.22. The molecular formula is C12H14BrClN2O3. The molecule has 0 bridgehead atoms. The summed E-state index contributed by atoms with van der Waals surface area (Å²) in [7, 11) is 1.41. The van der Waals surface area contributed by atoms with Crippen LogP contribution >= 0.6 is 27.5 Å². The molecule has 19 heavy (non-hydrogen) atoms. The lowest BCUT2D eigenvalue weighted by Crippen LogP contribution is -2.42. The molecule has 0 aliphatic carbocycles. The smallest absolute Gasteiger partial charge is 0.326 e. The fourth-order valence-corrected chi connectivity index (χ4v) is 2.01. The summed E-state index contributed by atoms with van der Waals surface area (Å²) in [6, 6.07) is 1.95. The number of hydrogen-bond acceptors (Lipinski definition) is 2. The average Bonchev–Trinajstić information content (AvgIpc) is 2.33. The van der Waals surface area contributed by atoms with E-state index < -0.39 is 18.0 Å². The Kier molecular flexibility index (Phi) is 5.20. The van der Waals surface area contributed by atoms with E-state index in [1.165, 1.54) is 14.0 Å². The van der Waals surface area contributed by atoms with Gasteiger partial charge in [-0.3, -0.25) is 0 Å². The van der Waals surface area contributed by atoms with Crippen LogP contribution in [0.5, 0.6) is 0 Å². The fraction of sp³-hybridized carbons (Fsp3) is 0.333. The molecular weight excluding hydrogens is 336 g/mol. The van der Waals surface area contributed by atoms with Crippen molar-refractivity contribution in [3.05, 3.63) is 27.2 Å². The lowest BCUT2D eigenvalue weighted by atomic mass is 10.2. The summed E-state index contributed by atoms with van der Waals surface area (Å²) < 4.78 is 0.680. The number of likely N-dealkylation sites (N-methyl/N-ethyl adjacent to an activating group) is 1. The second-order valence-electron chi connectivity index (χ2n) is 4.14. The molecule has 1 atom stereocenters. The van der Waals surface area contributed by atoms with Gasteiger partial charge in [0.2, 0.25) is 0 Å². The number of carboxylic acids is 1. The van der Waals surface area contributed by atoms with Crippen LogP contribution < -0.4 is 5.32 Å². The van der Waals surface area contributed by atoms with Gasteiger partial charge < -0.3 is 15.3 Å². The van der Waals surface area contributed by atoms with E-state index >= 15 is 0 Å². The van der Waals surface area contributed by atoms with Crippen molar-refractivity contribution in [2.75, 3.05) is 12.4 Å². The lowest BCUT2D eigenvalue weighted by Gasteiger charge is -2.22. The number of amides is 2. The topological polar surface area (TPSA) is 69.6 Å². The molecule has 2 N–H and O–H groups in total. The van der Waals surface area contributed by atoms with E-state index in [-0.39, 0.29) is 0 Å². The van der Waals surface area contributed by atoms with Crippen LogP contribution in [-0.4, -0.2) is 35.1 Å². The van der Waals surface area contributed by atoms with E-state index in [2.05, 4.69) is 21.2 Å². The van der Waals surface area contributed by atoms with E-state index in [1.54, 1.807) is 12.1 Å². The summed E-state index contributed by atoms with van der Waals surface area (Å²) in [4.78, 5) is 23.8. The van der Waals surface area contributed by atoms with E-state index in [9.17, 15) is 9.59 Å². The van der Waals surface area contributed by atoms with Gasteiger partial charge in [-0.15, -0.1) is 0 Å². The average molecular weight is 350 g/mol. The van der Waals surface area contributed by atoms with Gasteiger partial charge in [0.05, 0.1) is 5.69 Å². The van der Waals surface area contributed by atoms with Crippen molar-refractivity contribution in [3.63, 3.8) is 0 Å². The highest BCUT2D eigenvalue weighted by Crippen LogP contribution is 2.29. The number of urea groups is 1. The van der Waals surface area contributed by atoms with Gasteiger partial charge >= 0.3 is 12.0 Å². The molecule has 0 saturated carbocycles. The largest absolute Gasteiger partial charge is 0.480 e. The molecule has 0 fully saturated rings. The van der Waals surface area contributed by atoms with Crippen molar-refractivity contribution in [1.82, 2.24) is 4.90 Å². The van der Waals surface area contributed by atoms with Crippen molar-refractivity contribution in [2.24, 2.45) is 0 Å². The van der Waals surface area contributed by atoms with Crippen molar-refractivity contribution in [1.29, 1.82) is 0 Å². The summed E-state index contributed by atoms with van der Waals surface area (Å²) in [5.41, 5.74) is 1.36. The minimum atomic E-state index is -1.07. The zero-order valence-corrected chi connectivity index (χ0v) is 13.0.